The molecule has 6 nitrogen and oxygen atoms in total. The summed E-state index contributed by atoms with van der Waals surface area (Å²) in [5.41, 5.74) is 0. The molecule has 2 aliphatic heterocycles. The minimum atomic E-state index is 0.324. The van der Waals surface area contributed by atoms with Crippen LogP contribution in [0.3, 0.4) is 0 Å². The molecule has 1 aromatic rings. The zero-order chi connectivity index (χ0) is 16.2. The molecule has 0 spiro atoms. The van der Waals surface area contributed by atoms with E-state index in [0.29, 0.717) is 17.2 Å². The van der Waals surface area contributed by atoms with E-state index in [-0.39, 0.29) is 0 Å². The fourth-order valence-corrected chi connectivity index (χ4v) is 3.31. The van der Waals surface area contributed by atoms with E-state index in [1.807, 2.05) is 0 Å². The lowest BCUT2D eigenvalue weighted by Crippen LogP contribution is -2.53. The van der Waals surface area contributed by atoms with Gasteiger partial charge < -0.3 is 9.64 Å². The number of hydrogen-bond donors (Lipinski definition) is 0. The van der Waals surface area contributed by atoms with E-state index in [0.717, 1.165) is 58.4 Å². The van der Waals surface area contributed by atoms with Crippen molar-refractivity contribution in [3.8, 4) is 0 Å². The number of piperazine rings is 1. The number of morpholine rings is 1. The van der Waals surface area contributed by atoms with Gasteiger partial charge in [0.25, 0.3) is 0 Å². The van der Waals surface area contributed by atoms with E-state index in [2.05, 4.69) is 38.5 Å². The molecular weight excluding hydrogens is 314 g/mol. The van der Waals surface area contributed by atoms with E-state index in [4.69, 9.17) is 16.3 Å². The smallest absolute Gasteiger partial charge is 0.225 e. The second-order valence-electron chi connectivity index (χ2n) is 6.57. The van der Waals surface area contributed by atoms with E-state index in [1.54, 1.807) is 12.4 Å². The van der Waals surface area contributed by atoms with E-state index >= 15 is 0 Å². The van der Waals surface area contributed by atoms with Crippen molar-refractivity contribution in [3.05, 3.63) is 17.4 Å². The SMILES string of the molecule is CC(C)N1CCO[C@@H](CN2CCN(c3ncc(Cl)cn3)CC2)C1. The van der Waals surface area contributed by atoms with Crippen LogP contribution in [0.1, 0.15) is 13.8 Å². The predicted molar refractivity (Wildman–Crippen MR) is 92.1 cm³/mol. The van der Waals surface area contributed by atoms with Gasteiger partial charge in [0.2, 0.25) is 5.95 Å². The molecule has 2 saturated heterocycles. The van der Waals surface area contributed by atoms with Crippen LogP contribution in [0.2, 0.25) is 5.02 Å². The Morgan fingerprint density at radius 1 is 1.17 bits per heavy atom. The first-order valence-electron chi connectivity index (χ1n) is 8.42. The average molecular weight is 340 g/mol. The lowest BCUT2D eigenvalue weighted by Gasteiger charge is -2.40. The average Bonchev–Trinajstić information content (AvgIpc) is 2.57. The fraction of sp³-hybridized carbons (Fsp3) is 0.750. The molecule has 1 aromatic heterocycles. The second-order valence-corrected chi connectivity index (χ2v) is 7.01. The molecular formula is C16H26ClN5O. The van der Waals surface area contributed by atoms with Crippen molar-refractivity contribution >= 4 is 17.5 Å². The van der Waals surface area contributed by atoms with Crippen molar-refractivity contribution in [3.63, 3.8) is 0 Å². The molecule has 128 valence electrons. The molecule has 23 heavy (non-hydrogen) atoms. The Bertz CT molecular complexity index is 490. The van der Waals surface area contributed by atoms with Crippen molar-refractivity contribution in [2.24, 2.45) is 0 Å². The summed E-state index contributed by atoms with van der Waals surface area (Å²) in [6.45, 7) is 12.4. The van der Waals surface area contributed by atoms with Gasteiger partial charge in [-0.05, 0) is 13.8 Å². The highest BCUT2D eigenvalue weighted by Crippen LogP contribution is 2.15. The van der Waals surface area contributed by atoms with E-state index < -0.39 is 0 Å². The molecule has 3 heterocycles. The summed E-state index contributed by atoms with van der Waals surface area (Å²) in [7, 11) is 0. The van der Waals surface area contributed by atoms with Gasteiger partial charge in [0.05, 0.1) is 30.1 Å². The highest BCUT2D eigenvalue weighted by atomic mass is 35.5. The Hall–Kier alpha value is -0.950. The standard InChI is InChI=1S/C16H26ClN5O/c1-13(2)22-7-8-23-15(12-22)11-20-3-5-21(6-4-20)16-18-9-14(17)10-19-16/h9-10,13,15H,3-8,11-12H2,1-2H3/t15-/m0/s1. The maximum absolute atomic E-state index is 5.95. The molecule has 0 aliphatic carbocycles. The Morgan fingerprint density at radius 3 is 2.52 bits per heavy atom. The topological polar surface area (TPSA) is 44.7 Å². The quantitative estimate of drug-likeness (QED) is 0.825. The van der Waals surface area contributed by atoms with Crippen LogP contribution in [-0.2, 0) is 4.74 Å². The third-order valence-corrected chi connectivity index (χ3v) is 4.82. The Kier molecular flexibility index (Phi) is 5.69. The molecule has 1 atom stereocenters. The van der Waals surface area contributed by atoms with Crippen molar-refractivity contribution in [1.82, 2.24) is 19.8 Å². The van der Waals surface area contributed by atoms with Gasteiger partial charge in [0.15, 0.2) is 0 Å². The van der Waals surface area contributed by atoms with Gasteiger partial charge in [-0.3, -0.25) is 9.80 Å². The molecule has 0 radical (unpaired) electrons. The summed E-state index contributed by atoms with van der Waals surface area (Å²) in [5, 5.41) is 0.580. The molecule has 2 aliphatic rings. The van der Waals surface area contributed by atoms with Crippen molar-refractivity contribution in [2.75, 3.05) is 57.3 Å². The monoisotopic (exact) mass is 339 g/mol. The summed E-state index contributed by atoms with van der Waals surface area (Å²) in [4.78, 5) is 15.8. The molecule has 0 bridgehead atoms. The largest absolute Gasteiger partial charge is 0.374 e. The van der Waals surface area contributed by atoms with Gasteiger partial charge in [-0.15, -0.1) is 0 Å². The van der Waals surface area contributed by atoms with Gasteiger partial charge in [-0.25, -0.2) is 9.97 Å². The third kappa shape index (κ3) is 4.53. The fourth-order valence-electron chi connectivity index (χ4n) is 3.21. The molecule has 2 fully saturated rings. The highest BCUT2D eigenvalue weighted by Gasteiger charge is 2.26. The van der Waals surface area contributed by atoms with Crippen LogP contribution in [0.4, 0.5) is 5.95 Å². The van der Waals surface area contributed by atoms with Crippen LogP contribution in [0, 0.1) is 0 Å². The van der Waals surface area contributed by atoms with Crippen molar-refractivity contribution < 1.29 is 4.74 Å². The normalized spacial score (nSPS) is 24.3. The molecule has 0 amide bonds. The second kappa shape index (κ2) is 7.75. The number of hydrogen-bond acceptors (Lipinski definition) is 6. The third-order valence-electron chi connectivity index (χ3n) is 4.62. The van der Waals surface area contributed by atoms with Gasteiger partial charge in [-0.2, -0.15) is 0 Å². The number of halogens is 1. The first kappa shape index (κ1) is 16.9. The number of nitrogens with zero attached hydrogens (tertiary/aromatic N) is 5. The molecule has 0 N–H and O–H groups in total. The Labute approximate surface area is 143 Å². The first-order valence-corrected chi connectivity index (χ1v) is 8.80. The van der Waals surface area contributed by atoms with Crippen molar-refractivity contribution in [1.29, 1.82) is 0 Å². The van der Waals surface area contributed by atoms with Gasteiger partial charge in [-0.1, -0.05) is 11.6 Å². The Balaban J connectivity index is 1.46. The van der Waals surface area contributed by atoms with Gasteiger partial charge >= 0.3 is 0 Å². The van der Waals surface area contributed by atoms with Crippen LogP contribution in [0.15, 0.2) is 12.4 Å². The molecule has 0 saturated carbocycles. The van der Waals surface area contributed by atoms with Crippen LogP contribution < -0.4 is 4.90 Å². The number of aromatic nitrogens is 2. The van der Waals surface area contributed by atoms with E-state index in [9.17, 15) is 0 Å². The summed E-state index contributed by atoms with van der Waals surface area (Å²) in [6.07, 6.45) is 3.64. The van der Waals surface area contributed by atoms with Gasteiger partial charge in [0, 0.05) is 51.9 Å². The lowest BCUT2D eigenvalue weighted by atomic mass is 10.2. The molecule has 3 rings (SSSR count). The molecule has 7 heteroatoms. The van der Waals surface area contributed by atoms with Crippen LogP contribution in [-0.4, -0.2) is 84.3 Å². The maximum Gasteiger partial charge on any atom is 0.225 e. The number of rotatable bonds is 4. The minimum Gasteiger partial charge on any atom is -0.374 e. The summed E-state index contributed by atoms with van der Waals surface area (Å²) >= 11 is 5.85. The number of ether oxygens (including phenoxy) is 1. The van der Waals surface area contributed by atoms with Crippen LogP contribution in [0.5, 0.6) is 0 Å². The predicted octanol–water partition coefficient (Wildman–Crippen LogP) is 1.36. The Morgan fingerprint density at radius 2 is 1.87 bits per heavy atom. The summed E-state index contributed by atoms with van der Waals surface area (Å²) in [6, 6.07) is 0.598. The highest BCUT2D eigenvalue weighted by molar-refractivity contribution is 6.30. The maximum atomic E-state index is 5.95. The molecule has 0 aromatic carbocycles. The summed E-state index contributed by atoms with van der Waals surface area (Å²) in [5.74, 6) is 0.772. The van der Waals surface area contributed by atoms with Crippen LogP contribution in [0.25, 0.3) is 0 Å². The van der Waals surface area contributed by atoms with E-state index in [1.165, 1.54) is 0 Å². The zero-order valence-electron chi connectivity index (χ0n) is 14.0. The first-order chi connectivity index (χ1) is 11.1. The van der Waals surface area contributed by atoms with Crippen molar-refractivity contribution in [2.45, 2.75) is 26.0 Å². The zero-order valence-corrected chi connectivity index (χ0v) is 14.7. The lowest BCUT2D eigenvalue weighted by molar-refractivity contribution is -0.0525. The minimum absolute atomic E-state index is 0.324. The van der Waals surface area contributed by atoms with Crippen LogP contribution >= 0.6 is 11.6 Å². The summed E-state index contributed by atoms with van der Waals surface area (Å²) < 4.78 is 5.95. The van der Waals surface area contributed by atoms with Gasteiger partial charge in [0.1, 0.15) is 0 Å². The molecule has 0 unspecified atom stereocenters. The number of anilines is 1.